The Kier molecular flexibility index (Phi) is 9.39. The van der Waals surface area contributed by atoms with Crippen LogP contribution in [0.2, 0.25) is 0 Å². The molecule has 178 valence electrons. The van der Waals surface area contributed by atoms with Crippen LogP contribution in [0.4, 0.5) is 0 Å². The summed E-state index contributed by atoms with van der Waals surface area (Å²) in [7, 11) is 0. The number of hydrogen-bond donors (Lipinski definition) is 4. The minimum Gasteiger partial charge on any atom is -0.490 e. The molecule has 1 aromatic carbocycles. The van der Waals surface area contributed by atoms with Crippen molar-refractivity contribution in [1.29, 1.82) is 0 Å². The number of aliphatic imine (C=N–C) groups is 2. The van der Waals surface area contributed by atoms with Gasteiger partial charge >= 0.3 is 0 Å². The Balaban J connectivity index is 1.43. The summed E-state index contributed by atoms with van der Waals surface area (Å²) in [6.07, 6.45) is 3.60. The molecule has 0 saturated carbocycles. The number of hydrogen-bond acceptors (Lipinski definition) is 9. The number of rotatable bonds is 11. The molecule has 2 aliphatic rings. The fourth-order valence-electron chi connectivity index (χ4n) is 3.29. The largest absolute Gasteiger partial charge is 0.490 e. The van der Waals surface area contributed by atoms with Crippen LogP contribution in [-0.2, 0) is 22.6 Å². The third kappa shape index (κ3) is 7.39. The van der Waals surface area contributed by atoms with Crippen LogP contribution in [0.1, 0.15) is 17.5 Å². The van der Waals surface area contributed by atoms with Crippen molar-refractivity contribution in [3.05, 3.63) is 40.4 Å². The Hall–Kier alpha value is -3.25. The third-order valence-corrected chi connectivity index (χ3v) is 5.75. The highest BCUT2D eigenvalue weighted by molar-refractivity contribution is 8.02. The van der Waals surface area contributed by atoms with Crippen molar-refractivity contribution in [2.24, 2.45) is 32.3 Å². The van der Waals surface area contributed by atoms with E-state index in [1.54, 1.807) is 5.41 Å². The number of carbonyl (C=O) groups is 1. The second-order valence-corrected chi connectivity index (χ2v) is 8.28. The topological polar surface area (TPSA) is 166 Å². The molecule has 0 bridgehead atoms. The lowest BCUT2D eigenvalue weighted by atomic mass is 10.00. The number of thioether (sulfide) groups is 1. The summed E-state index contributed by atoms with van der Waals surface area (Å²) in [4.78, 5) is 26.9. The van der Waals surface area contributed by atoms with Gasteiger partial charge in [0.15, 0.2) is 24.6 Å². The van der Waals surface area contributed by atoms with Crippen LogP contribution in [0, 0.1) is 0 Å². The molecule has 1 unspecified atom stereocenters. The lowest BCUT2D eigenvalue weighted by Crippen LogP contribution is -2.41. The summed E-state index contributed by atoms with van der Waals surface area (Å²) in [5.41, 5.74) is 19.9. The van der Waals surface area contributed by atoms with E-state index in [9.17, 15) is 4.79 Å². The number of aldehydes is 1. The number of carbonyl (C=O) groups excluding carboxylic acids is 1. The number of nitrogens with zero attached hydrogens (tertiary/aromatic N) is 4. The smallest absolute Gasteiger partial charge is 0.191 e. The molecule has 2 aliphatic heterocycles. The van der Waals surface area contributed by atoms with Crippen molar-refractivity contribution in [1.82, 2.24) is 10.2 Å². The molecular weight excluding hydrogens is 444 g/mol. The highest BCUT2D eigenvalue weighted by Crippen LogP contribution is 2.24. The van der Waals surface area contributed by atoms with Crippen molar-refractivity contribution in [3.63, 3.8) is 0 Å². The fourth-order valence-corrected chi connectivity index (χ4v) is 3.95. The van der Waals surface area contributed by atoms with Crippen molar-refractivity contribution >= 4 is 36.1 Å². The van der Waals surface area contributed by atoms with Crippen LogP contribution >= 0.6 is 11.8 Å². The number of nitrogens with two attached hydrogens (primary N) is 3. The summed E-state index contributed by atoms with van der Waals surface area (Å²) in [6.45, 7) is 3.29. The molecule has 0 fully saturated rings. The predicted octanol–water partition coefficient (Wildman–Crippen LogP) is 0.107. The zero-order valence-electron chi connectivity index (χ0n) is 18.4. The lowest BCUT2D eigenvalue weighted by molar-refractivity contribution is -0.102. The molecule has 0 saturated heterocycles. The highest BCUT2D eigenvalue weighted by atomic mass is 32.2. The minimum atomic E-state index is -0.282. The van der Waals surface area contributed by atoms with Crippen molar-refractivity contribution in [3.8, 4) is 5.75 Å². The standard InChI is InChI=1S/C21H30N8O3S/c22-14-25-5-1-6-26-20(23)29-7-4-15-10-17(3-2-16(15)11-29)31-8-9-32-28-18(12-30)19-13-33-21(24)27-19/h2-3,10,12-14,21,27H,1,4-9,11,24H2,(H2,22,25)(H2,23,26)/b28-18+. The second kappa shape index (κ2) is 12.7. The van der Waals surface area contributed by atoms with Gasteiger partial charge in [-0.15, -0.1) is 0 Å². The number of nitrogens with one attached hydrogen (secondary N) is 1. The molecule has 7 N–H and O–H groups in total. The minimum absolute atomic E-state index is 0.167. The molecule has 33 heavy (non-hydrogen) atoms. The van der Waals surface area contributed by atoms with Crippen LogP contribution in [0.15, 0.2) is 44.4 Å². The van der Waals surface area contributed by atoms with Gasteiger partial charge in [0.2, 0.25) is 0 Å². The Labute approximate surface area is 197 Å². The first kappa shape index (κ1) is 24.4. The number of ether oxygens (including phenoxy) is 1. The van der Waals surface area contributed by atoms with E-state index in [1.165, 1.54) is 29.2 Å². The summed E-state index contributed by atoms with van der Waals surface area (Å²) in [6, 6.07) is 6.01. The van der Waals surface area contributed by atoms with Crippen LogP contribution in [-0.4, -0.2) is 67.5 Å². The van der Waals surface area contributed by atoms with Crippen LogP contribution in [0.5, 0.6) is 5.75 Å². The van der Waals surface area contributed by atoms with Crippen LogP contribution < -0.4 is 27.3 Å². The van der Waals surface area contributed by atoms with Gasteiger partial charge in [0, 0.05) is 26.2 Å². The number of guanidine groups is 1. The molecule has 0 aromatic heterocycles. The maximum Gasteiger partial charge on any atom is 0.191 e. The van der Waals surface area contributed by atoms with Gasteiger partial charge in [-0.1, -0.05) is 23.0 Å². The van der Waals surface area contributed by atoms with E-state index >= 15 is 0 Å². The summed E-state index contributed by atoms with van der Waals surface area (Å²) in [5.74, 6) is 1.31. The lowest BCUT2D eigenvalue weighted by Gasteiger charge is -2.30. The second-order valence-electron chi connectivity index (χ2n) is 7.26. The normalized spacial score (nSPS) is 18.6. The van der Waals surface area contributed by atoms with E-state index in [-0.39, 0.29) is 17.8 Å². The van der Waals surface area contributed by atoms with E-state index < -0.39 is 0 Å². The Morgan fingerprint density at radius 2 is 2.18 bits per heavy atom. The summed E-state index contributed by atoms with van der Waals surface area (Å²) >= 11 is 1.37. The van der Waals surface area contributed by atoms with Gasteiger partial charge in [-0.05, 0) is 41.5 Å². The van der Waals surface area contributed by atoms with Crippen LogP contribution in [0.25, 0.3) is 0 Å². The maximum atomic E-state index is 11.2. The Bertz CT molecular complexity index is 934. The first-order valence-corrected chi connectivity index (χ1v) is 11.6. The van der Waals surface area contributed by atoms with Gasteiger partial charge in [-0.25, -0.2) is 0 Å². The van der Waals surface area contributed by atoms with Crippen molar-refractivity contribution < 1.29 is 14.4 Å². The molecule has 0 aliphatic carbocycles. The molecule has 0 spiro atoms. The predicted molar refractivity (Wildman–Crippen MR) is 131 cm³/mol. The van der Waals surface area contributed by atoms with Crippen molar-refractivity contribution in [2.75, 3.05) is 32.8 Å². The number of fused-ring (bicyclic) bond motifs is 1. The average Bonchev–Trinajstić information content (AvgIpc) is 3.26. The third-order valence-electron chi connectivity index (χ3n) is 4.96. The van der Waals surface area contributed by atoms with E-state index in [2.05, 4.69) is 25.4 Å². The molecule has 1 aromatic rings. The molecule has 3 rings (SSSR count). The van der Waals surface area contributed by atoms with E-state index in [0.29, 0.717) is 44.2 Å². The summed E-state index contributed by atoms with van der Waals surface area (Å²) < 4.78 is 5.77. The van der Waals surface area contributed by atoms with Gasteiger partial charge in [-0.2, -0.15) is 0 Å². The molecule has 11 nitrogen and oxygen atoms in total. The van der Waals surface area contributed by atoms with Gasteiger partial charge < -0.3 is 37.0 Å². The van der Waals surface area contributed by atoms with Crippen molar-refractivity contribution in [2.45, 2.75) is 24.9 Å². The summed E-state index contributed by atoms with van der Waals surface area (Å²) in [5, 5.41) is 8.52. The maximum absolute atomic E-state index is 11.2. The van der Waals surface area contributed by atoms with Crippen LogP contribution in [0.3, 0.4) is 0 Å². The molecule has 2 heterocycles. The Morgan fingerprint density at radius 3 is 2.94 bits per heavy atom. The highest BCUT2D eigenvalue weighted by Gasteiger charge is 2.19. The van der Waals surface area contributed by atoms with Gasteiger partial charge in [0.1, 0.15) is 17.9 Å². The monoisotopic (exact) mass is 474 g/mol. The number of benzene rings is 1. The zero-order chi connectivity index (χ0) is 23.5. The van der Waals surface area contributed by atoms with E-state index in [0.717, 1.165) is 25.1 Å². The van der Waals surface area contributed by atoms with Gasteiger partial charge in [0.25, 0.3) is 0 Å². The average molecular weight is 475 g/mol. The molecule has 0 radical (unpaired) electrons. The molecule has 12 heteroatoms. The number of allylic oxidation sites excluding steroid dienone is 1. The SMILES string of the molecule is NC=NCCCN=C(N)N1CCc2cc(OCCO/N=C(\C=O)C3=CSC(N)N3)ccc2C1. The van der Waals surface area contributed by atoms with E-state index in [4.69, 9.17) is 26.8 Å². The number of oxime groups is 1. The first-order chi connectivity index (χ1) is 16.1. The fraction of sp³-hybridized carbons (Fsp3) is 0.429. The van der Waals surface area contributed by atoms with Gasteiger partial charge in [-0.3, -0.25) is 14.8 Å². The first-order valence-electron chi connectivity index (χ1n) is 10.6. The quantitative estimate of drug-likeness (QED) is 0.114. The Morgan fingerprint density at radius 1 is 1.30 bits per heavy atom. The van der Waals surface area contributed by atoms with E-state index in [1.807, 2.05) is 18.2 Å². The molecular formula is C21H30N8O3S. The molecule has 1 atom stereocenters. The molecule has 0 amide bonds. The van der Waals surface area contributed by atoms with Gasteiger partial charge in [0.05, 0.1) is 12.0 Å². The zero-order valence-corrected chi connectivity index (χ0v) is 19.2.